The normalized spacial score (nSPS) is 10.6. The summed E-state index contributed by atoms with van der Waals surface area (Å²) < 4.78 is 5.96. The summed E-state index contributed by atoms with van der Waals surface area (Å²) in [5, 5.41) is 1.27. The summed E-state index contributed by atoms with van der Waals surface area (Å²) in [4.78, 5) is 12.4. The Morgan fingerprint density at radius 2 is 2.12 bits per heavy atom. The summed E-state index contributed by atoms with van der Waals surface area (Å²) in [5.74, 6) is -0.144. The van der Waals surface area contributed by atoms with E-state index in [1.165, 1.54) is 27.6 Å². The Bertz CT molecular complexity index is 514. The molecule has 2 rings (SSSR count). The minimum atomic E-state index is -0.144. The molecule has 0 saturated heterocycles. The molecule has 3 heteroatoms. The van der Waals surface area contributed by atoms with Crippen LogP contribution in [-0.2, 0) is 16.0 Å². The quantitative estimate of drug-likeness (QED) is 0.761. The Morgan fingerprint density at radius 3 is 2.88 bits per heavy atom. The topological polar surface area (TPSA) is 26.3 Å². The van der Waals surface area contributed by atoms with Crippen molar-refractivity contribution in [3.05, 3.63) is 34.7 Å². The molecule has 1 heterocycles. The number of hydrogen-bond donors (Lipinski definition) is 0. The third-order valence-corrected chi connectivity index (χ3v) is 3.84. The van der Waals surface area contributed by atoms with Crippen LogP contribution in [-0.4, -0.2) is 13.1 Å². The van der Waals surface area contributed by atoms with Crippen LogP contribution >= 0.6 is 11.3 Å². The fraction of sp³-hybridized carbons (Fsp3) is 0.308. The maximum Gasteiger partial charge on any atom is 0.305 e. The van der Waals surface area contributed by atoms with E-state index in [2.05, 4.69) is 23.8 Å². The number of methoxy groups -OCH3 is 1. The third-order valence-electron chi connectivity index (χ3n) is 2.71. The Morgan fingerprint density at radius 1 is 1.38 bits per heavy atom. The van der Waals surface area contributed by atoms with Gasteiger partial charge in [0.25, 0.3) is 0 Å². The van der Waals surface area contributed by atoms with Crippen LogP contribution in [0.5, 0.6) is 0 Å². The van der Waals surface area contributed by atoms with Crippen molar-refractivity contribution in [1.82, 2.24) is 0 Å². The highest BCUT2D eigenvalue weighted by Gasteiger charge is 2.10. The highest BCUT2D eigenvalue weighted by Crippen LogP contribution is 2.31. The first-order valence-corrected chi connectivity index (χ1v) is 6.08. The van der Waals surface area contributed by atoms with Gasteiger partial charge >= 0.3 is 5.97 Å². The third kappa shape index (κ3) is 2.09. The SMILES string of the molecule is COC(=O)CCc1c(C)sc2ccccc12. The molecule has 0 aliphatic rings. The van der Waals surface area contributed by atoms with E-state index < -0.39 is 0 Å². The Labute approximate surface area is 98.9 Å². The van der Waals surface area contributed by atoms with Gasteiger partial charge in [-0.3, -0.25) is 4.79 Å². The van der Waals surface area contributed by atoms with Crippen LogP contribution in [0.3, 0.4) is 0 Å². The lowest BCUT2D eigenvalue weighted by Gasteiger charge is -2.00. The maximum absolute atomic E-state index is 11.1. The second-order valence-corrected chi connectivity index (χ2v) is 4.97. The smallest absolute Gasteiger partial charge is 0.305 e. The molecule has 1 aromatic heterocycles. The van der Waals surface area contributed by atoms with Crippen LogP contribution in [0.2, 0.25) is 0 Å². The second kappa shape index (κ2) is 4.66. The Balaban J connectivity index is 2.29. The number of carbonyl (C=O) groups excluding carboxylic acids is 1. The molecule has 0 fully saturated rings. The van der Waals surface area contributed by atoms with Crippen molar-refractivity contribution in [3.8, 4) is 0 Å². The molecule has 0 radical (unpaired) electrons. The predicted octanol–water partition coefficient (Wildman–Crippen LogP) is 3.32. The molecule has 84 valence electrons. The van der Waals surface area contributed by atoms with Crippen LogP contribution in [0, 0.1) is 6.92 Å². The maximum atomic E-state index is 11.1. The van der Waals surface area contributed by atoms with Crippen molar-refractivity contribution >= 4 is 27.4 Å². The van der Waals surface area contributed by atoms with Gasteiger partial charge in [0.15, 0.2) is 0 Å². The number of ether oxygens (including phenoxy) is 1. The average molecular weight is 234 g/mol. The van der Waals surface area contributed by atoms with Gasteiger partial charge in [-0.2, -0.15) is 0 Å². The van der Waals surface area contributed by atoms with Gasteiger partial charge in [-0.05, 0) is 30.4 Å². The fourth-order valence-corrected chi connectivity index (χ4v) is 2.97. The highest BCUT2D eigenvalue weighted by molar-refractivity contribution is 7.19. The van der Waals surface area contributed by atoms with E-state index in [-0.39, 0.29) is 5.97 Å². The summed E-state index contributed by atoms with van der Waals surface area (Å²) in [6, 6.07) is 8.32. The van der Waals surface area contributed by atoms with E-state index in [1.807, 2.05) is 12.1 Å². The van der Waals surface area contributed by atoms with Crippen molar-refractivity contribution in [3.63, 3.8) is 0 Å². The molecular weight excluding hydrogens is 220 g/mol. The van der Waals surface area contributed by atoms with E-state index >= 15 is 0 Å². The molecule has 0 spiro atoms. The Kier molecular flexibility index (Phi) is 3.25. The van der Waals surface area contributed by atoms with E-state index in [0.717, 1.165) is 6.42 Å². The van der Waals surface area contributed by atoms with Gasteiger partial charge in [-0.15, -0.1) is 11.3 Å². The molecule has 0 bridgehead atoms. The molecule has 2 aromatic rings. The number of fused-ring (bicyclic) bond motifs is 1. The molecule has 0 aliphatic heterocycles. The number of rotatable bonds is 3. The molecular formula is C13H14O2S. The molecule has 2 nitrogen and oxygen atoms in total. The predicted molar refractivity (Wildman–Crippen MR) is 66.9 cm³/mol. The summed E-state index contributed by atoms with van der Waals surface area (Å²) in [6.07, 6.45) is 1.22. The molecule has 0 N–H and O–H groups in total. The van der Waals surface area contributed by atoms with Crippen molar-refractivity contribution in [2.24, 2.45) is 0 Å². The number of aryl methyl sites for hydroxylation is 2. The van der Waals surface area contributed by atoms with E-state index in [0.29, 0.717) is 6.42 Å². The van der Waals surface area contributed by atoms with Gasteiger partial charge in [0.05, 0.1) is 7.11 Å². The zero-order chi connectivity index (χ0) is 11.5. The molecule has 0 unspecified atom stereocenters. The molecule has 0 amide bonds. The standard InChI is InChI=1S/C13H14O2S/c1-9-10(7-8-13(14)15-2)11-5-3-4-6-12(11)16-9/h3-6H,7-8H2,1-2H3. The van der Waals surface area contributed by atoms with Gasteiger partial charge in [0, 0.05) is 16.0 Å². The summed E-state index contributed by atoms with van der Waals surface area (Å²) in [6.45, 7) is 2.11. The summed E-state index contributed by atoms with van der Waals surface area (Å²) >= 11 is 1.79. The average Bonchev–Trinajstić information content (AvgIpc) is 2.62. The van der Waals surface area contributed by atoms with Gasteiger partial charge in [0.2, 0.25) is 0 Å². The molecule has 0 saturated carbocycles. The van der Waals surface area contributed by atoms with E-state index in [9.17, 15) is 4.79 Å². The van der Waals surface area contributed by atoms with Crippen molar-refractivity contribution in [2.75, 3.05) is 7.11 Å². The van der Waals surface area contributed by atoms with Crippen molar-refractivity contribution in [1.29, 1.82) is 0 Å². The number of carbonyl (C=O) groups is 1. The monoisotopic (exact) mass is 234 g/mol. The van der Waals surface area contributed by atoms with Gasteiger partial charge < -0.3 is 4.74 Å². The van der Waals surface area contributed by atoms with E-state index in [4.69, 9.17) is 0 Å². The van der Waals surface area contributed by atoms with Crippen LogP contribution < -0.4 is 0 Å². The lowest BCUT2D eigenvalue weighted by Crippen LogP contribution is -2.02. The van der Waals surface area contributed by atoms with Gasteiger partial charge in [-0.1, -0.05) is 18.2 Å². The first-order chi connectivity index (χ1) is 7.72. The molecule has 0 atom stereocenters. The largest absolute Gasteiger partial charge is 0.469 e. The van der Waals surface area contributed by atoms with E-state index in [1.54, 1.807) is 11.3 Å². The van der Waals surface area contributed by atoms with Crippen LogP contribution in [0.4, 0.5) is 0 Å². The molecule has 0 aliphatic carbocycles. The van der Waals surface area contributed by atoms with Crippen LogP contribution in [0.25, 0.3) is 10.1 Å². The minimum absolute atomic E-state index is 0.144. The van der Waals surface area contributed by atoms with Crippen molar-refractivity contribution in [2.45, 2.75) is 19.8 Å². The van der Waals surface area contributed by atoms with Gasteiger partial charge in [0.1, 0.15) is 0 Å². The van der Waals surface area contributed by atoms with Gasteiger partial charge in [-0.25, -0.2) is 0 Å². The van der Waals surface area contributed by atoms with Crippen LogP contribution in [0.1, 0.15) is 16.9 Å². The first-order valence-electron chi connectivity index (χ1n) is 5.26. The molecule has 16 heavy (non-hydrogen) atoms. The second-order valence-electron chi connectivity index (χ2n) is 3.71. The summed E-state index contributed by atoms with van der Waals surface area (Å²) in [7, 11) is 1.43. The number of hydrogen-bond acceptors (Lipinski definition) is 3. The zero-order valence-corrected chi connectivity index (χ0v) is 10.3. The Hall–Kier alpha value is -1.35. The number of esters is 1. The number of thiophene rings is 1. The lowest BCUT2D eigenvalue weighted by atomic mass is 10.1. The first kappa shape index (κ1) is 11.1. The zero-order valence-electron chi connectivity index (χ0n) is 9.45. The minimum Gasteiger partial charge on any atom is -0.469 e. The highest BCUT2D eigenvalue weighted by atomic mass is 32.1. The number of benzene rings is 1. The lowest BCUT2D eigenvalue weighted by molar-refractivity contribution is -0.140. The van der Waals surface area contributed by atoms with Crippen molar-refractivity contribution < 1.29 is 9.53 Å². The fourth-order valence-electron chi connectivity index (χ4n) is 1.86. The molecule has 1 aromatic carbocycles. The van der Waals surface area contributed by atoms with Crippen LogP contribution in [0.15, 0.2) is 24.3 Å². The summed E-state index contributed by atoms with van der Waals surface area (Å²) in [5.41, 5.74) is 1.28.